The van der Waals surface area contributed by atoms with Crippen LogP contribution in [0.3, 0.4) is 0 Å². The second-order valence-electron chi connectivity index (χ2n) is 7.09. The van der Waals surface area contributed by atoms with Gasteiger partial charge in [-0.25, -0.2) is 4.99 Å². The van der Waals surface area contributed by atoms with E-state index in [0.29, 0.717) is 11.1 Å². The summed E-state index contributed by atoms with van der Waals surface area (Å²) in [4.78, 5) is 4.95. The van der Waals surface area contributed by atoms with Crippen molar-refractivity contribution in [2.45, 2.75) is 69.5 Å². The summed E-state index contributed by atoms with van der Waals surface area (Å²) in [5.74, 6) is 1.54. The smallest absolute Gasteiger partial charge is 0.196 e. The topological polar surface area (TPSA) is 71.7 Å². The number of hydrogen-bond donors (Lipinski definition) is 3. The third-order valence-corrected chi connectivity index (χ3v) is 5.42. The number of benzene rings is 1. The first-order valence-electron chi connectivity index (χ1n) is 9.36. The van der Waals surface area contributed by atoms with Crippen molar-refractivity contribution < 1.29 is 4.74 Å². The zero-order chi connectivity index (χ0) is 17.6. The van der Waals surface area contributed by atoms with E-state index in [-0.39, 0.29) is 12.1 Å². The Morgan fingerprint density at radius 1 is 1.16 bits per heavy atom. The van der Waals surface area contributed by atoms with E-state index in [1.807, 2.05) is 18.2 Å². The van der Waals surface area contributed by atoms with Crippen LogP contribution in [-0.2, 0) is 0 Å². The molecule has 138 valence electrons. The summed E-state index contributed by atoms with van der Waals surface area (Å²) in [5, 5.41) is 7.66. The van der Waals surface area contributed by atoms with Crippen LogP contribution >= 0.6 is 11.6 Å². The monoisotopic (exact) mass is 364 g/mol. The lowest BCUT2D eigenvalue weighted by molar-refractivity contribution is 0.385. The molecule has 2 saturated carbocycles. The van der Waals surface area contributed by atoms with Crippen molar-refractivity contribution >= 4 is 23.2 Å². The van der Waals surface area contributed by atoms with E-state index in [0.717, 1.165) is 30.2 Å². The van der Waals surface area contributed by atoms with Gasteiger partial charge < -0.3 is 21.1 Å². The molecule has 2 atom stereocenters. The SMILES string of the molecule is COc1ccc(Cl)cc1NC(=N[C@H]1CCCC[C@@H]1N)NC1CCCC1. The van der Waals surface area contributed by atoms with Crippen molar-refractivity contribution in [1.29, 1.82) is 0 Å². The van der Waals surface area contributed by atoms with Gasteiger partial charge in [-0.2, -0.15) is 0 Å². The summed E-state index contributed by atoms with van der Waals surface area (Å²) in [7, 11) is 1.66. The maximum Gasteiger partial charge on any atom is 0.196 e. The third kappa shape index (κ3) is 5.02. The number of guanidine groups is 1. The molecule has 0 unspecified atom stereocenters. The summed E-state index contributed by atoms with van der Waals surface area (Å²) in [6, 6.07) is 6.32. The largest absolute Gasteiger partial charge is 0.495 e. The number of nitrogens with one attached hydrogen (secondary N) is 2. The van der Waals surface area contributed by atoms with Gasteiger partial charge in [-0.05, 0) is 43.9 Å². The Morgan fingerprint density at radius 2 is 1.88 bits per heavy atom. The molecule has 5 nitrogen and oxygen atoms in total. The minimum atomic E-state index is 0.136. The van der Waals surface area contributed by atoms with E-state index < -0.39 is 0 Å². The molecule has 0 radical (unpaired) electrons. The Kier molecular flexibility index (Phi) is 6.43. The summed E-state index contributed by atoms with van der Waals surface area (Å²) in [6.45, 7) is 0. The van der Waals surface area contributed by atoms with Crippen molar-refractivity contribution in [2.75, 3.05) is 12.4 Å². The molecule has 3 rings (SSSR count). The number of halogens is 1. The van der Waals surface area contributed by atoms with Crippen LogP contribution in [0.4, 0.5) is 5.69 Å². The zero-order valence-corrected chi connectivity index (χ0v) is 15.7. The minimum Gasteiger partial charge on any atom is -0.495 e. The van der Waals surface area contributed by atoms with E-state index >= 15 is 0 Å². The Morgan fingerprint density at radius 3 is 2.60 bits per heavy atom. The van der Waals surface area contributed by atoms with Crippen molar-refractivity contribution in [3.05, 3.63) is 23.2 Å². The molecule has 4 N–H and O–H groups in total. The predicted octanol–water partition coefficient (Wildman–Crippen LogP) is 3.92. The molecular formula is C19H29ClN4O. The van der Waals surface area contributed by atoms with Crippen LogP contribution in [0.2, 0.25) is 5.02 Å². The minimum absolute atomic E-state index is 0.136. The van der Waals surface area contributed by atoms with Crippen molar-refractivity contribution in [1.82, 2.24) is 5.32 Å². The first-order chi connectivity index (χ1) is 12.2. The molecule has 0 aliphatic heterocycles. The van der Waals surface area contributed by atoms with Gasteiger partial charge >= 0.3 is 0 Å². The lowest BCUT2D eigenvalue weighted by atomic mass is 9.91. The molecular weight excluding hydrogens is 336 g/mol. The number of rotatable bonds is 4. The van der Waals surface area contributed by atoms with Gasteiger partial charge in [0.15, 0.2) is 5.96 Å². The predicted molar refractivity (Wildman–Crippen MR) is 105 cm³/mol. The first-order valence-corrected chi connectivity index (χ1v) is 9.74. The maximum absolute atomic E-state index is 6.30. The van der Waals surface area contributed by atoms with Gasteiger partial charge in [0, 0.05) is 17.1 Å². The molecule has 0 aromatic heterocycles. The number of anilines is 1. The Balaban J connectivity index is 1.81. The van der Waals surface area contributed by atoms with Crippen LogP contribution < -0.4 is 21.1 Å². The standard InChI is InChI=1S/C19H29ClN4O/c1-25-18-11-10-13(20)12-17(18)24-19(22-14-6-2-3-7-14)23-16-9-5-4-8-15(16)21/h10-12,14-16H,2-9,21H2,1H3,(H2,22,23,24)/t15-,16-/m0/s1. The highest BCUT2D eigenvalue weighted by Crippen LogP contribution is 2.28. The van der Waals surface area contributed by atoms with Crippen molar-refractivity contribution in [2.24, 2.45) is 10.7 Å². The number of ether oxygens (including phenoxy) is 1. The van der Waals surface area contributed by atoms with Gasteiger partial charge in [-0.3, -0.25) is 0 Å². The Bertz CT molecular complexity index is 601. The molecule has 1 aromatic carbocycles. The molecule has 0 saturated heterocycles. The summed E-state index contributed by atoms with van der Waals surface area (Å²) >= 11 is 6.17. The Labute approximate surface area is 155 Å². The van der Waals surface area contributed by atoms with Crippen LogP contribution in [0.25, 0.3) is 0 Å². The third-order valence-electron chi connectivity index (χ3n) is 5.19. The normalized spacial score (nSPS) is 25.0. The molecule has 1 aromatic rings. The van der Waals surface area contributed by atoms with Crippen LogP contribution in [0.1, 0.15) is 51.4 Å². The number of hydrogen-bond acceptors (Lipinski definition) is 3. The van der Waals surface area contributed by atoms with Crippen LogP contribution in [0.15, 0.2) is 23.2 Å². The highest BCUT2D eigenvalue weighted by atomic mass is 35.5. The van der Waals surface area contributed by atoms with E-state index in [1.54, 1.807) is 7.11 Å². The molecule has 0 spiro atoms. The second kappa shape index (κ2) is 8.77. The summed E-state index contributed by atoms with van der Waals surface area (Å²) in [5.41, 5.74) is 7.12. The van der Waals surface area contributed by atoms with Gasteiger partial charge in [0.05, 0.1) is 18.8 Å². The highest BCUT2D eigenvalue weighted by Gasteiger charge is 2.23. The maximum atomic E-state index is 6.30. The van der Waals surface area contributed by atoms with E-state index in [1.165, 1.54) is 38.5 Å². The lowest BCUT2D eigenvalue weighted by Crippen LogP contribution is -2.42. The van der Waals surface area contributed by atoms with E-state index in [2.05, 4.69) is 10.6 Å². The summed E-state index contributed by atoms with van der Waals surface area (Å²) < 4.78 is 5.45. The van der Waals surface area contributed by atoms with Crippen molar-refractivity contribution in [3.63, 3.8) is 0 Å². The molecule has 25 heavy (non-hydrogen) atoms. The van der Waals surface area contributed by atoms with Crippen molar-refractivity contribution in [3.8, 4) is 5.75 Å². The molecule has 0 heterocycles. The number of aliphatic imine (C=N–C) groups is 1. The summed E-state index contributed by atoms with van der Waals surface area (Å²) in [6.07, 6.45) is 9.40. The molecule has 0 bridgehead atoms. The zero-order valence-electron chi connectivity index (χ0n) is 14.9. The second-order valence-corrected chi connectivity index (χ2v) is 7.53. The fraction of sp³-hybridized carbons (Fsp3) is 0.632. The van der Waals surface area contributed by atoms with Crippen LogP contribution in [-0.4, -0.2) is 31.2 Å². The van der Waals surface area contributed by atoms with Gasteiger partial charge in [-0.15, -0.1) is 0 Å². The quantitative estimate of drug-likeness (QED) is 0.559. The Hall–Kier alpha value is -1.46. The highest BCUT2D eigenvalue weighted by molar-refractivity contribution is 6.31. The van der Waals surface area contributed by atoms with Crippen LogP contribution in [0.5, 0.6) is 5.75 Å². The average molecular weight is 365 g/mol. The van der Waals surface area contributed by atoms with E-state index in [9.17, 15) is 0 Å². The number of methoxy groups -OCH3 is 1. The molecule has 2 fully saturated rings. The average Bonchev–Trinajstić information content (AvgIpc) is 3.10. The first kappa shape index (κ1) is 18.3. The number of nitrogens with zero attached hydrogens (tertiary/aromatic N) is 1. The van der Waals surface area contributed by atoms with Gasteiger partial charge in [0.2, 0.25) is 0 Å². The number of nitrogens with two attached hydrogens (primary N) is 1. The van der Waals surface area contributed by atoms with Gasteiger partial charge in [0.1, 0.15) is 5.75 Å². The fourth-order valence-electron chi connectivity index (χ4n) is 3.74. The molecule has 2 aliphatic carbocycles. The molecule has 0 amide bonds. The lowest BCUT2D eigenvalue weighted by Gasteiger charge is -2.27. The van der Waals surface area contributed by atoms with Gasteiger partial charge in [0.25, 0.3) is 0 Å². The molecule has 2 aliphatic rings. The van der Waals surface area contributed by atoms with Gasteiger partial charge in [-0.1, -0.05) is 37.3 Å². The fourth-order valence-corrected chi connectivity index (χ4v) is 3.91. The van der Waals surface area contributed by atoms with E-state index in [4.69, 9.17) is 27.1 Å². The molecule has 6 heteroatoms. The van der Waals surface area contributed by atoms with Crippen LogP contribution in [0, 0.1) is 0 Å².